The predicted molar refractivity (Wildman–Crippen MR) is 176 cm³/mol. The van der Waals surface area contributed by atoms with E-state index in [0.717, 1.165) is 16.7 Å². The molecule has 0 aliphatic carbocycles. The molecule has 1 N–H and O–H groups in total. The molecule has 10 heteroatoms. The van der Waals surface area contributed by atoms with E-state index in [1.54, 1.807) is 0 Å². The second-order valence-corrected chi connectivity index (χ2v) is 11.4. The van der Waals surface area contributed by atoms with E-state index in [4.69, 9.17) is 28.2 Å². The van der Waals surface area contributed by atoms with Crippen molar-refractivity contribution < 1.29 is 33.1 Å². The number of benzene rings is 3. The highest BCUT2D eigenvalue weighted by Crippen LogP contribution is 2.49. The molecule has 1 fully saturated rings. The van der Waals surface area contributed by atoms with Gasteiger partial charge in [0, 0.05) is 15.5 Å². The monoisotopic (exact) mass is 624 g/mol. The molecule has 3 radical (unpaired) electrons. The van der Waals surface area contributed by atoms with Crippen LogP contribution in [-0.4, -0.2) is 82.5 Å². The molecule has 0 saturated carbocycles. The zero-order valence-electron chi connectivity index (χ0n) is 26.5. The number of hydrogen-bond donors (Lipinski definition) is 1. The molecular weight excluding hydrogens is 576 g/mol. The molecule has 0 bridgehead atoms. The van der Waals surface area contributed by atoms with Gasteiger partial charge in [-0.15, -0.1) is 0 Å². The third kappa shape index (κ3) is 13.1. The molecular formula is C34H48BNO7P. The minimum Gasteiger partial charge on any atom is -0.374 e. The fourth-order valence-electron chi connectivity index (χ4n) is 4.63. The molecule has 0 amide bonds. The summed E-state index contributed by atoms with van der Waals surface area (Å²) in [6.07, 6.45) is -1.69. The highest BCUT2D eigenvalue weighted by molar-refractivity contribution is 7.47. The van der Waals surface area contributed by atoms with E-state index in [-0.39, 0.29) is 21.8 Å². The van der Waals surface area contributed by atoms with Crippen molar-refractivity contribution in [2.75, 3.05) is 40.1 Å². The van der Waals surface area contributed by atoms with Crippen molar-refractivity contribution in [2.24, 2.45) is 0 Å². The first-order valence-electron chi connectivity index (χ1n) is 15.0. The molecule has 3 aromatic carbocycles. The van der Waals surface area contributed by atoms with E-state index in [9.17, 15) is 4.89 Å². The molecule has 0 spiro atoms. The summed E-state index contributed by atoms with van der Waals surface area (Å²) < 4.78 is 35.7. The summed E-state index contributed by atoms with van der Waals surface area (Å²) in [6, 6.07) is 29.7. The maximum absolute atomic E-state index is 10.9. The van der Waals surface area contributed by atoms with Crippen LogP contribution in [0.5, 0.6) is 0 Å². The van der Waals surface area contributed by atoms with E-state index in [1.165, 1.54) is 26.7 Å². The van der Waals surface area contributed by atoms with Crippen molar-refractivity contribution >= 4 is 16.8 Å². The average molecular weight is 625 g/mol. The van der Waals surface area contributed by atoms with Gasteiger partial charge in [0.1, 0.15) is 25.1 Å². The van der Waals surface area contributed by atoms with Gasteiger partial charge >= 0.3 is 0 Å². The summed E-state index contributed by atoms with van der Waals surface area (Å²) in [6.45, 7) is 11.5. The Labute approximate surface area is 267 Å². The lowest BCUT2D eigenvalue weighted by Crippen LogP contribution is -2.54. The van der Waals surface area contributed by atoms with Crippen LogP contribution in [0.25, 0.3) is 0 Å². The van der Waals surface area contributed by atoms with Crippen LogP contribution < -0.4 is 0 Å². The summed E-state index contributed by atoms with van der Waals surface area (Å²) >= 11 is 0. The Morgan fingerprint density at radius 3 is 1.57 bits per heavy atom. The Morgan fingerprint density at radius 2 is 1.14 bits per heavy atom. The summed E-state index contributed by atoms with van der Waals surface area (Å²) in [4.78, 5) is 13.3. The van der Waals surface area contributed by atoms with Crippen LogP contribution >= 0.6 is 8.38 Å². The summed E-state index contributed by atoms with van der Waals surface area (Å²) in [5.41, 5.74) is 3.09. The van der Waals surface area contributed by atoms with Crippen molar-refractivity contribution in [3.63, 3.8) is 0 Å². The molecule has 0 unspecified atom stereocenters. The molecule has 1 aliphatic rings. The SMILES string of the molecule is CCN(CC)CC.COCO[C@@H]1[C@@H](OCc2ccccc2)[C@H](OCc2ccccc2)[C@@H](COCc2ccccc2)O[P@@]1O.[B]. The van der Waals surface area contributed by atoms with Crippen LogP contribution in [0.15, 0.2) is 91.0 Å². The third-order valence-electron chi connectivity index (χ3n) is 7.09. The Balaban J connectivity index is 0.000000756. The minimum atomic E-state index is -1.98. The van der Waals surface area contributed by atoms with Gasteiger partial charge in [-0.1, -0.05) is 112 Å². The molecule has 0 aromatic heterocycles. The van der Waals surface area contributed by atoms with E-state index >= 15 is 0 Å². The number of nitrogens with zero attached hydrogens (tertiary/aromatic N) is 1. The van der Waals surface area contributed by atoms with Crippen LogP contribution in [0.2, 0.25) is 0 Å². The van der Waals surface area contributed by atoms with E-state index < -0.39 is 32.5 Å². The molecule has 1 saturated heterocycles. The van der Waals surface area contributed by atoms with Crippen molar-refractivity contribution in [1.29, 1.82) is 0 Å². The summed E-state index contributed by atoms with van der Waals surface area (Å²) in [5.74, 6) is -0.741. The van der Waals surface area contributed by atoms with Crippen LogP contribution in [0.1, 0.15) is 37.5 Å². The van der Waals surface area contributed by atoms with E-state index in [1.807, 2.05) is 91.0 Å². The van der Waals surface area contributed by atoms with Gasteiger partial charge in [-0.25, -0.2) is 0 Å². The molecule has 4 rings (SSSR count). The fourth-order valence-corrected chi connectivity index (χ4v) is 5.90. The average Bonchev–Trinajstić information content (AvgIpc) is 3.05. The quantitative estimate of drug-likeness (QED) is 0.118. The fraction of sp³-hybridized carbons (Fsp3) is 0.471. The maximum Gasteiger partial charge on any atom is 0.202 e. The molecule has 1 aliphatic heterocycles. The topological polar surface area (TPSA) is 78.9 Å². The summed E-state index contributed by atoms with van der Waals surface area (Å²) in [7, 11) is -0.441. The van der Waals surface area contributed by atoms with E-state index in [0.29, 0.717) is 19.8 Å². The summed E-state index contributed by atoms with van der Waals surface area (Å²) in [5, 5.41) is 0. The predicted octanol–water partition coefficient (Wildman–Crippen LogP) is 5.99. The normalized spacial score (nSPS) is 21.3. The Kier molecular flexibility index (Phi) is 19.3. The Morgan fingerprint density at radius 1 is 0.682 bits per heavy atom. The highest BCUT2D eigenvalue weighted by Gasteiger charge is 2.48. The minimum absolute atomic E-state index is 0. The molecule has 5 atom stereocenters. The third-order valence-corrected chi connectivity index (χ3v) is 8.46. The first-order chi connectivity index (χ1) is 21.1. The van der Waals surface area contributed by atoms with Crippen molar-refractivity contribution in [3.05, 3.63) is 108 Å². The lowest BCUT2D eigenvalue weighted by molar-refractivity contribution is -0.196. The lowest BCUT2D eigenvalue weighted by atomic mass is 10.1. The number of hydrogen-bond acceptors (Lipinski definition) is 8. The van der Waals surface area contributed by atoms with Crippen LogP contribution in [0.3, 0.4) is 0 Å². The Hall–Kier alpha value is -2.17. The van der Waals surface area contributed by atoms with Crippen LogP contribution in [-0.2, 0) is 48.0 Å². The van der Waals surface area contributed by atoms with Crippen molar-refractivity contribution in [2.45, 2.75) is 64.7 Å². The number of methoxy groups -OCH3 is 1. The van der Waals surface area contributed by atoms with Crippen LogP contribution in [0, 0.1) is 0 Å². The van der Waals surface area contributed by atoms with Crippen molar-refractivity contribution in [3.8, 4) is 0 Å². The zero-order valence-corrected chi connectivity index (χ0v) is 27.4. The van der Waals surface area contributed by atoms with Crippen molar-refractivity contribution in [1.82, 2.24) is 4.90 Å². The second-order valence-electron chi connectivity index (χ2n) is 10.1. The number of ether oxygens (including phenoxy) is 5. The van der Waals surface area contributed by atoms with Gasteiger partial charge in [0.25, 0.3) is 0 Å². The zero-order chi connectivity index (χ0) is 30.7. The first-order valence-corrected chi connectivity index (χ1v) is 16.3. The van der Waals surface area contributed by atoms with Gasteiger partial charge in [0.05, 0.1) is 26.4 Å². The lowest BCUT2D eigenvalue weighted by Gasteiger charge is -2.43. The maximum atomic E-state index is 10.9. The van der Waals surface area contributed by atoms with Gasteiger partial charge in [-0.2, -0.15) is 0 Å². The largest absolute Gasteiger partial charge is 0.374 e. The standard InChI is InChI=1S/C28H33O7P.C6H15N.B/c1-30-21-34-28-27(33-19-24-15-9-4-10-16-24)26(32-18-23-13-7-3-8-14-23)25(35-36(28)29)20-31-17-22-11-5-2-6-12-22;1-4-7(5-2)6-3;/h2-16,25-29H,17-21H2,1H3;4-6H2,1-3H3;/t25-,26-,27+,28+,36-;;/m1../s1. The van der Waals surface area contributed by atoms with Crippen LogP contribution in [0.4, 0.5) is 0 Å². The van der Waals surface area contributed by atoms with Gasteiger partial charge in [-0.3, -0.25) is 0 Å². The first kappa shape index (κ1) is 38.0. The van der Waals surface area contributed by atoms with Gasteiger partial charge < -0.3 is 38.0 Å². The number of rotatable bonds is 16. The molecule has 3 aromatic rings. The van der Waals surface area contributed by atoms with Gasteiger partial charge in [0.15, 0.2) is 5.85 Å². The molecule has 1 heterocycles. The molecule has 239 valence electrons. The highest BCUT2D eigenvalue weighted by atomic mass is 31.2. The molecule has 44 heavy (non-hydrogen) atoms. The van der Waals surface area contributed by atoms with Gasteiger partial charge in [0.2, 0.25) is 8.38 Å². The van der Waals surface area contributed by atoms with Gasteiger partial charge in [-0.05, 0) is 36.3 Å². The Bertz CT molecular complexity index is 1090. The second kappa shape index (κ2) is 22.4. The van der Waals surface area contributed by atoms with E-state index in [2.05, 4.69) is 25.7 Å². The smallest absolute Gasteiger partial charge is 0.202 e. The molecule has 8 nitrogen and oxygen atoms in total.